The number of rotatable bonds is 5. The van der Waals surface area contributed by atoms with Gasteiger partial charge in [0, 0.05) is 12.3 Å². The molecule has 0 saturated heterocycles. The molecule has 2 aromatic rings. The Morgan fingerprint density at radius 3 is 2.70 bits per heavy atom. The molecule has 3 rings (SSSR count). The van der Waals surface area contributed by atoms with Crippen LogP contribution in [0.25, 0.3) is 5.69 Å². The molecule has 0 atom stereocenters. The minimum Gasteiger partial charge on any atom is -0.497 e. The lowest BCUT2D eigenvalue weighted by atomic mass is 9.84. The number of ether oxygens (including phenoxy) is 1. The van der Waals surface area contributed by atoms with Crippen molar-refractivity contribution in [2.45, 2.75) is 58.3 Å². The van der Waals surface area contributed by atoms with Crippen LogP contribution < -0.4 is 4.74 Å². The highest BCUT2D eigenvalue weighted by atomic mass is 16.5. The quantitative estimate of drug-likeness (QED) is 0.765. The largest absolute Gasteiger partial charge is 0.497 e. The summed E-state index contributed by atoms with van der Waals surface area (Å²) in [4.78, 5) is 0. The van der Waals surface area contributed by atoms with Gasteiger partial charge >= 0.3 is 0 Å². The highest BCUT2D eigenvalue weighted by molar-refractivity contribution is 5.40. The average molecular weight is 312 g/mol. The van der Waals surface area contributed by atoms with Crippen LogP contribution in [0.15, 0.2) is 30.5 Å². The van der Waals surface area contributed by atoms with Gasteiger partial charge < -0.3 is 4.74 Å². The number of hydrogen-bond acceptors (Lipinski definition) is 2. The Morgan fingerprint density at radius 2 is 2.00 bits per heavy atom. The first-order valence-electron chi connectivity index (χ1n) is 8.90. The van der Waals surface area contributed by atoms with Crippen molar-refractivity contribution in [3.05, 3.63) is 41.7 Å². The molecule has 0 N–H and O–H groups in total. The van der Waals surface area contributed by atoms with Gasteiger partial charge in [-0.05, 0) is 36.0 Å². The third-order valence-corrected chi connectivity index (χ3v) is 4.92. The van der Waals surface area contributed by atoms with Gasteiger partial charge in [-0.1, -0.05) is 52.0 Å². The summed E-state index contributed by atoms with van der Waals surface area (Å²) in [6, 6.07) is 8.12. The Bertz CT molecular complexity index is 639. The number of benzene rings is 1. The summed E-state index contributed by atoms with van der Waals surface area (Å²) >= 11 is 0. The molecule has 3 nitrogen and oxygen atoms in total. The standard InChI is InChI=1S/C20H28N2O/c1-15(2)20-17(12-16-8-5-4-6-9-16)14-22(21-20)18-10-7-11-19(13-18)23-3/h7,10-11,13-16H,4-6,8-9,12H2,1-3H3. The van der Waals surface area contributed by atoms with Gasteiger partial charge in [0.25, 0.3) is 0 Å². The van der Waals surface area contributed by atoms with Gasteiger partial charge in [-0.15, -0.1) is 0 Å². The third kappa shape index (κ3) is 3.77. The lowest BCUT2D eigenvalue weighted by Gasteiger charge is -2.21. The fourth-order valence-corrected chi connectivity index (χ4v) is 3.65. The molecule has 23 heavy (non-hydrogen) atoms. The molecule has 0 amide bonds. The molecule has 1 aliphatic rings. The van der Waals surface area contributed by atoms with E-state index in [1.807, 2.05) is 22.9 Å². The number of methoxy groups -OCH3 is 1. The highest BCUT2D eigenvalue weighted by Crippen LogP contribution is 2.30. The van der Waals surface area contributed by atoms with E-state index in [1.54, 1.807) is 7.11 Å². The summed E-state index contributed by atoms with van der Waals surface area (Å²) in [5.41, 5.74) is 3.74. The first-order valence-corrected chi connectivity index (χ1v) is 8.90. The van der Waals surface area contributed by atoms with Crippen LogP contribution in [0.3, 0.4) is 0 Å². The molecule has 0 radical (unpaired) electrons. The fourth-order valence-electron chi connectivity index (χ4n) is 3.65. The van der Waals surface area contributed by atoms with Crippen LogP contribution in [-0.2, 0) is 6.42 Å². The molecule has 3 heteroatoms. The summed E-state index contributed by atoms with van der Waals surface area (Å²) < 4.78 is 7.37. The molecule has 1 heterocycles. The minimum atomic E-state index is 0.459. The zero-order valence-corrected chi connectivity index (χ0v) is 14.6. The molecule has 124 valence electrons. The van der Waals surface area contributed by atoms with Crippen molar-refractivity contribution in [3.63, 3.8) is 0 Å². The smallest absolute Gasteiger partial charge is 0.121 e. The van der Waals surface area contributed by atoms with Gasteiger partial charge in [-0.2, -0.15) is 5.10 Å². The maximum absolute atomic E-state index is 5.34. The lowest BCUT2D eigenvalue weighted by Crippen LogP contribution is -2.10. The van der Waals surface area contributed by atoms with Crippen molar-refractivity contribution < 1.29 is 4.74 Å². The van der Waals surface area contributed by atoms with E-state index in [-0.39, 0.29) is 0 Å². The van der Waals surface area contributed by atoms with Crippen molar-refractivity contribution in [2.75, 3.05) is 7.11 Å². The van der Waals surface area contributed by atoms with Crippen molar-refractivity contribution in [1.29, 1.82) is 0 Å². The topological polar surface area (TPSA) is 27.1 Å². The van der Waals surface area contributed by atoms with E-state index >= 15 is 0 Å². The van der Waals surface area contributed by atoms with Crippen LogP contribution in [0.5, 0.6) is 5.75 Å². The Hall–Kier alpha value is -1.77. The van der Waals surface area contributed by atoms with Crippen molar-refractivity contribution in [3.8, 4) is 11.4 Å². The van der Waals surface area contributed by atoms with E-state index in [0.29, 0.717) is 5.92 Å². The SMILES string of the molecule is COc1cccc(-n2cc(CC3CCCCC3)c(C(C)C)n2)c1. The van der Waals surface area contributed by atoms with Crippen molar-refractivity contribution in [2.24, 2.45) is 5.92 Å². The molecule has 0 aliphatic heterocycles. The van der Waals surface area contributed by atoms with Crippen LogP contribution in [0.2, 0.25) is 0 Å². The summed E-state index contributed by atoms with van der Waals surface area (Å²) in [6.45, 7) is 4.48. The number of aromatic nitrogens is 2. The minimum absolute atomic E-state index is 0.459. The van der Waals surface area contributed by atoms with Crippen LogP contribution >= 0.6 is 0 Å². The molecule has 0 unspecified atom stereocenters. The molecule has 1 fully saturated rings. The predicted molar refractivity (Wildman–Crippen MR) is 94.5 cm³/mol. The summed E-state index contributed by atoms with van der Waals surface area (Å²) in [7, 11) is 1.70. The second-order valence-electron chi connectivity index (χ2n) is 7.05. The fraction of sp³-hybridized carbons (Fsp3) is 0.550. The molecule has 1 aromatic carbocycles. The van der Waals surface area contributed by atoms with E-state index in [0.717, 1.165) is 17.4 Å². The maximum atomic E-state index is 5.34. The molecular weight excluding hydrogens is 284 g/mol. The van der Waals surface area contributed by atoms with Crippen molar-refractivity contribution >= 4 is 0 Å². The molecule has 1 aromatic heterocycles. The highest BCUT2D eigenvalue weighted by Gasteiger charge is 2.19. The van der Waals surface area contributed by atoms with E-state index in [4.69, 9.17) is 9.84 Å². The molecule has 0 bridgehead atoms. The Labute approximate surface area is 139 Å². The maximum Gasteiger partial charge on any atom is 0.121 e. The van der Waals surface area contributed by atoms with E-state index in [1.165, 1.54) is 49.8 Å². The Morgan fingerprint density at radius 1 is 1.22 bits per heavy atom. The zero-order chi connectivity index (χ0) is 16.2. The molecule has 1 aliphatic carbocycles. The van der Waals surface area contributed by atoms with Gasteiger partial charge in [-0.25, -0.2) is 4.68 Å². The van der Waals surface area contributed by atoms with E-state index < -0.39 is 0 Å². The van der Waals surface area contributed by atoms with Gasteiger partial charge in [0.1, 0.15) is 5.75 Å². The van der Waals surface area contributed by atoms with E-state index in [9.17, 15) is 0 Å². The predicted octanol–water partition coefficient (Wildman–Crippen LogP) is 5.13. The van der Waals surface area contributed by atoms with Crippen LogP contribution in [0.4, 0.5) is 0 Å². The molecule has 0 spiro atoms. The second-order valence-corrected chi connectivity index (χ2v) is 7.05. The van der Waals surface area contributed by atoms with E-state index in [2.05, 4.69) is 26.1 Å². The van der Waals surface area contributed by atoms with Crippen LogP contribution in [0.1, 0.15) is 63.1 Å². The first-order chi connectivity index (χ1) is 11.2. The van der Waals surface area contributed by atoms with Crippen LogP contribution in [0, 0.1) is 5.92 Å². The molecule has 1 saturated carbocycles. The van der Waals surface area contributed by atoms with Crippen LogP contribution in [-0.4, -0.2) is 16.9 Å². The lowest BCUT2D eigenvalue weighted by molar-refractivity contribution is 0.356. The number of hydrogen-bond donors (Lipinski definition) is 0. The first kappa shape index (κ1) is 16.1. The summed E-state index contributed by atoms with van der Waals surface area (Å²) in [5, 5.41) is 4.88. The molecular formula is C20H28N2O. The normalized spacial score (nSPS) is 16.0. The Balaban J connectivity index is 1.88. The van der Waals surface area contributed by atoms with Gasteiger partial charge in [0.15, 0.2) is 0 Å². The third-order valence-electron chi connectivity index (χ3n) is 4.92. The summed E-state index contributed by atoms with van der Waals surface area (Å²) in [5.74, 6) is 2.17. The number of nitrogens with zero attached hydrogens (tertiary/aromatic N) is 2. The van der Waals surface area contributed by atoms with Gasteiger partial charge in [0.05, 0.1) is 18.5 Å². The second kappa shape index (κ2) is 7.20. The summed E-state index contributed by atoms with van der Waals surface area (Å²) in [6.07, 6.45) is 10.4. The van der Waals surface area contributed by atoms with Gasteiger partial charge in [0.2, 0.25) is 0 Å². The van der Waals surface area contributed by atoms with Crippen molar-refractivity contribution in [1.82, 2.24) is 9.78 Å². The zero-order valence-electron chi connectivity index (χ0n) is 14.6. The average Bonchev–Trinajstić information content (AvgIpc) is 3.00. The monoisotopic (exact) mass is 312 g/mol. The van der Waals surface area contributed by atoms with Gasteiger partial charge in [-0.3, -0.25) is 0 Å². The Kier molecular flexibility index (Phi) is 5.04.